The second kappa shape index (κ2) is 6.36. The minimum atomic E-state index is -0.380. The van der Waals surface area contributed by atoms with Crippen LogP contribution < -0.4 is 0 Å². The molecule has 0 aliphatic heterocycles. The van der Waals surface area contributed by atoms with Gasteiger partial charge in [0.15, 0.2) is 0 Å². The highest BCUT2D eigenvalue weighted by atomic mass is 79.9. The highest BCUT2D eigenvalue weighted by Gasteiger charge is 2.18. The van der Waals surface area contributed by atoms with Gasteiger partial charge in [0, 0.05) is 24.0 Å². The van der Waals surface area contributed by atoms with E-state index in [1.165, 1.54) is 18.2 Å². The molecule has 0 fully saturated rings. The number of amides is 1. The van der Waals surface area contributed by atoms with Gasteiger partial charge in [0.25, 0.3) is 5.91 Å². The Hall–Kier alpha value is -0.610. The fraction of sp³-hybridized carbons (Fsp3) is 0.417. The van der Waals surface area contributed by atoms with Crippen molar-refractivity contribution in [3.63, 3.8) is 0 Å². The van der Waals surface area contributed by atoms with Gasteiger partial charge in [-0.3, -0.25) is 4.79 Å². The molecule has 0 saturated carbocycles. The first-order chi connectivity index (χ1) is 7.97. The van der Waals surface area contributed by atoms with Crippen molar-refractivity contribution in [3.05, 3.63) is 34.1 Å². The Kier molecular flexibility index (Phi) is 5.40. The molecule has 0 saturated heterocycles. The predicted molar refractivity (Wildman–Crippen MR) is 71.0 cm³/mol. The third-order valence-electron chi connectivity index (χ3n) is 2.38. The minimum Gasteiger partial charge on any atom is -0.335 e. The fourth-order valence-corrected chi connectivity index (χ4v) is 2.04. The van der Waals surface area contributed by atoms with E-state index in [-0.39, 0.29) is 22.2 Å². The van der Waals surface area contributed by atoms with Gasteiger partial charge in [-0.1, -0.05) is 0 Å². The first-order valence-corrected chi connectivity index (χ1v) is 6.62. The summed E-state index contributed by atoms with van der Waals surface area (Å²) in [6, 6.07) is 4.30. The van der Waals surface area contributed by atoms with Crippen LogP contribution in [0.5, 0.6) is 0 Å². The van der Waals surface area contributed by atoms with E-state index in [9.17, 15) is 9.18 Å². The molecular formula is C12H14BrClFNO. The monoisotopic (exact) mass is 321 g/mol. The van der Waals surface area contributed by atoms with Gasteiger partial charge in [-0.2, -0.15) is 0 Å². The highest BCUT2D eigenvalue weighted by molar-refractivity contribution is 9.10. The zero-order chi connectivity index (χ0) is 13.0. The molecule has 0 unspecified atom stereocenters. The maximum absolute atomic E-state index is 13.1. The second-order valence-corrected chi connectivity index (χ2v) is 5.14. The van der Waals surface area contributed by atoms with E-state index in [0.717, 1.165) is 0 Å². The number of rotatable bonds is 4. The van der Waals surface area contributed by atoms with E-state index in [0.29, 0.717) is 18.0 Å². The molecule has 1 aromatic rings. The molecule has 2 nitrogen and oxygen atoms in total. The maximum atomic E-state index is 13.1. The molecule has 0 atom stereocenters. The summed E-state index contributed by atoms with van der Waals surface area (Å²) >= 11 is 8.73. The molecular weight excluding hydrogens is 308 g/mol. The van der Waals surface area contributed by atoms with Crippen LogP contribution in [0.3, 0.4) is 0 Å². The van der Waals surface area contributed by atoms with Crippen molar-refractivity contribution in [2.24, 2.45) is 0 Å². The fourth-order valence-electron chi connectivity index (χ4n) is 1.48. The topological polar surface area (TPSA) is 20.3 Å². The van der Waals surface area contributed by atoms with Gasteiger partial charge in [0.1, 0.15) is 5.82 Å². The van der Waals surface area contributed by atoms with E-state index in [4.69, 9.17) is 11.6 Å². The third kappa shape index (κ3) is 3.68. The molecule has 0 aliphatic rings. The number of nitrogens with zero attached hydrogens (tertiary/aromatic N) is 1. The van der Waals surface area contributed by atoms with Crippen molar-refractivity contribution in [2.75, 3.05) is 12.4 Å². The Morgan fingerprint density at radius 1 is 1.53 bits per heavy atom. The molecule has 1 amide bonds. The maximum Gasteiger partial charge on any atom is 0.254 e. The van der Waals surface area contributed by atoms with E-state index in [1.54, 1.807) is 4.90 Å². The molecule has 0 aromatic heterocycles. The molecule has 0 N–H and O–H groups in total. The SMILES string of the molecule is CC(C)N(CCCl)C(=O)c1ccc(F)c(Br)c1. The van der Waals surface area contributed by atoms with Crippen LogP contribution in [0.4, 0.5) is 4.39 Å². The number of benzene rings is 1. The van der Waals surface area contributed by atoms with Crippen LogP contribution in [0, 0.1) is 5.82 Å². The van der Waals surface area contributed by atoms with Crippen LogP contribution in [-0.4, -0.2) is 29.3 Å². The molecule has 94 valence electrons. The minimum absolute atomic E-state index is 0.0603. The van der Waals surface area contributed by atoms with Crippen LogP contribution >= 0.6 is 27.5 Å². The summed E-state index contributed by atoms with van der Waals surface area (Å²) in [5, 5.41) is 0. The first-order valence-electron chi connectivity index (χ1n) is 5.29. The molecule has 0 heterocycles. The number of hydrogen-bond donors (Lipinski definition) is 0. The van der Waals surface area contributed by atoms with Crippen LogP contribution in [0.2, 0.25) is 0 Å². The van der Waals surface area contributed by atoms with Crippen LogP contribution in [-0.2, 0) is 0 Å². The Morgan fingerprint density at radius 2 is 2.18 bits per heavy atom. The van der Waals surface area contributed by atoms with Crippen molar-refractivity contribution in [2.45, 2.75) is 19.9 Å². The van der Waals surface area contributed by atoms with Crippen LogP contribution in [0.25, 0.3) is 0 Å². The third-order valence-corrected chi connectivity index (χ3v) is 3.15. The second-order valence-electron chi connectivity index (χ2n) is 3.91. The summed E-state index contributed by atoms with van der Waals surface area (Å²) < 4.78 is 13.4. The Labute approximate surface area is 114 Å². The lowest BCUT2D eigenvalue weighted by Crippen LogP contribution is -2.38. The summed E-state index contributed by atoms with van der Waals surface area (Å²) in [5.74, 6) is -0.136. The van der Waals surface area contributed by atoms with Gasteiger partial charge in [0.05, 0.1) is 4.47 Å². The largest absolute Gasteiger partial charge is 0.335 e. The Morgan fingerprint density at radius 3 is 2.65 bits per heavy atom. The zero-order valence-electron chi connectivity index (χ0n) is 9.71. The van der Waals surface area contributed by atoms with Crippen molar-refractivity contribution in [1.82, 2.24) is 4.90 Å². The van der Waals surface area contributed by atoms with Crippen molar-refractivity contribution in [1.29, 1.82) is 0 Å². The molecule has 1 rings (SSSR count). The lowest BCUT2D eigenvalue weighted by Gasteiger charge is -2.26. The van der Waals surface area contributed by atoms with E-state index < -0.39 is 0 Å². The number of alkyl halides is 1. The van der Waals surface area contributed by atoms with Crippen molar-refractivity contribution >= 4 is 33.4 Å². The van der Waals surface area contributed by atoms with Crippen LogP contribution in [0.1, 0.15) is 24.2 Å². The van der Waals surface area contributed by atoms with Crippen molar-refractivity contribution < 1.29 is 9.18 Å². The van der Waals surface area contributed by atoms with Gasteiger partial charge in [-0.05, 0) is 48.0 Å². The van der Waals surface area contributed by atoms with Crippen LogP contribution in [0.15, 0.2) is 22.7 Å². The first kappa shape index (κ1) is 14.5. The van der Waals surface area contributed by atoms with Crippen molar-refractivity contribution in [3.8, 4) is 0 Å². The predicted octanol–water partition coefficient (Wildman–Crippen LogP) is 3.68. The number of carbonyl (C=O) groups excluding carboxylic acids is 1. The van der Waals surface area contributed by atoms with Gasteiger partial charge in [-0.25, -0.2) is 4.39 Å². The molecule has 0 spiro atoms. The number of carbonyl (C=O) groups is 1. The molecule has 5 heteroatoms. The molecule has 0 radical (unpaired) electrons. The standard InChI is InChI=1S/C12H14BrClFNO/c1-8(2)16(6-5-14)12(17)9-3-4-11(15)10(13)7-9/h3-4,7-8H,5-6H2,1-2H3. The highest BCUT2D eigenvalue weighted by Crippen LogP contribution is 2.18. The molecule has 1 aromatic carbocycles. The average molecular weight is 323 g/mol. The molecule has 0 aliphatic carbocycles. The lowest BCUT2D eigenvalue weighted by atomic mass is 10.1. The Balaban J connectivity index is 2.97. The van der Waals surface area contributed by atoms with Gasteiger partial charge in [0.2, 0.25) is 0 Å². The average Bonchev–Trinajstić information content (AvgIpc) is 2.28. The van der Waals surface area contributed by atoms with E-state index in [1.807, 2.05) is 13.8 Å². The summed E-state index contributed by atoms with van der Waals surface area (Å²) in [4.78, 5) is 13.8. The van der Waals surface area contributed by atoms with E-state index >= 15 is 0 Å². The van der Waals surface area contributed by atoms with Gasteiger partial charge in [-0.15, -0.1) is 11.6 Å². The summed E-state index contributed by atoms with van der Waals surface area (Å²) in [5.41, 5.74) is 0.456. The zero-order valence-corrected chi connectivity index (χ0v) is 12.1. The lowest BCUT2D eigenvalue weighted by molar-refractivity contribution is 0.0718. The van der Waals surface area contributed by atoms with E-state index in [2.05, 4.69) is 15.9 Å². The quantitative estimate of drug-likeness (QED) is 0.774. The van der Waals surface area contributed by atoms with Gasteiger partial charge < -0.3 is 4.90 Å². The molecule has 17 heavy (non-hydrogen) atoms. The molecule has 0 bridgehead atoms. The summed E-state index contributed by atoms with van der Waals surface area (Å²) in [6.45, 7) is 4.32. The number of halogens is 3. The summed E-state index contributed by atoms with van der Waals surface area (Å²) in [6.07, 6.45) is 0. The smallest absolute Gasteiger partial charge is 0.254 e. The Bertz CT molecular complexity index is 411. The summed E-state index contributed by atoms with van der Waals surface area (Å²) in [7, 11) is 0. The number of hydrogen-bond acceptors (Lipinski definition) is 1. The van der Waals surface area contributed by atoms with Gasteiger partial charge >= 0.3 is 0 Å². The normalized spacial score (nSPS) is 10.7.